The van der Waals surface area contributed by atoms with E-state index in [9.17, 15) is 9.90 Å². The number of carbonyl (C=O) groups excluding carboxylic acids is 1. The Balaban J connectivity index is 3.07. The molecule has 98 valence electrons. The van der Waals surface area contributed by atoms with Crippen molar-refractivity contribution in [1.82, 2.24) is 0 Å². The monoisotopic (exact) mass is 259 g/mol. The van der Waals surface area contributed by atoms with Crippen LogP contribution < -0.4 is 0 Å². The Morgan fingerprint density at radius 1 is 1.47 bits per heavy atom. The molecule has 1 rings (SSSR count). The average molecular weight is 259 g/mol. The minimum absolute atomic E-state index is 0.112. The first kappa shape index (κ1) is 14.4. The summed E-state index contributed by atoms with van der Waals surface area (Å²) >= 11 is 0. The lowest BCUT2D eigenvalue weighted by Gasteiger charge is -2.01. The summed E-state index contributed by atoms with van der Waals surface area (Å²) < 4.78 is 4.68. The second-order valence-corrected chi connectivity index (χ2v) is 3.52. The summed E-state index contributed by atoms with van der Waals surface area (Å²) in [5.74, 6) is -1.71. The van der Waals surface area contributed by atoms with Crippen LogP contribution in [0, 0.1) is 18.3 Å². The molecular weight excluding hydrogens is 246 g/mol. The lowest BCUT2D eigenvalue weighted by molar-refractivity contribution is -0.138. The topological polar surface area (TPSA) is 95.0 Å². The van der Waals surface area contributed by atoms with Crippen molar-refractivity contribution in [2.75, 3.05) is 6.61 Å². The van der Waals surface area contributed by atoms with Crippen LogP contribution in [0.4, 0.5) is 5.69 Å². The highest BCUT2D eigenvalue weighted by Gasteiger charge is 2.16. The molecule has 0 fully saturated rings. The summed E-state index contributed by atoms with van der Waals surface area (Å²) in [4.78, 5) is 11.5. The number of carbonyl (C=O) groups is 1. The second-order valence-electron chi connectivity index (χ2n) is 3.52. The van der Waals surface area contributed by atoms with Gasteiger partial charge in [-0.1, -0.05) is 18.2 Å². The average Bonchev–Trinajstić information content (AvgIpc) is 2.41. The van der Waals surface area contributed by atoms with Gasteiger partial charge in [-0.3, -0.25) is 0 Å². The molecule has 0 saturated carbocycles. The molecule has 0 aromatic heterocycles. The van der Waals surface area contributed by atoms with E-state index in [1.807, 2.05) is 19.1 Å². The maximum atomic E-state index is 11.5. The van der Waals surface area contributed by atoms with Crippen molar-refractivity contribution in [3.8, 4) is 6.07 Å². The molecule has 0 spiro atoms. The quantitative estimate of drug-likeness (QED) is 0.224. The molecular formula is C13H13N3O3. The largest absolute Gasteiger partial charge is 0.498 e. The summed E-state index contributed by atoms with van der Waals surface area (Å²) in [6, 6.07) is 8.56. The molecule has 0 amide bonds. The predicted octanol–water partition coefficient (Wildman–Crippen LogP) is 2.94. The van der Waals surface area contributed by atoms with Crippen molar-refractivity contribution in [2.45, 2.75) is 13.8 Å². The van der Waals surface area contributed by atoms with Gasteiger partial charge in [-0.05, 0) is 25.5 Å². The molecule has 0 atom stereocenters. The Labute approximate surface area is 110 Å². The van der Waals surface area contributed by atoms with E-state index < -0.39 is 17.4 Å². The van der Waals surface area contributed by atoms with Gasteiger partial charge in [0, 0.05) is 0 Å². The third kappa shape index (κ3) is 3.92. The number of nitrogens with zero attached hydrogens (tertiary/aromatic N) is 3. The lowest BCUT2D eigenvalue weighted by Crippen LogP contribution is -2.08. The van der Waals surface area contributed by atoms with Gasteiger partial charge in [0.1, 0.15) is 6.07 Å². The minimum atomic E-state index is -0.890. The van der Waals surface area contributed by atoms with Crippen molar-refractivity contribution < 1.29 is 14.6 Å². The van der Waals surface area contributed by atoms with Crippen molar-refractivity contribution >= 4 is 11.7 Å². The summed E-state index contributed by atoms with van der Waals surface area (Å²) in [5, 5.41) is 25.4. The van der Waals surface area contributed by atoms with Crippen LogP contribution in [-0.2, 0) is 9.53 Å². The fraction of sp³-hybridized carbons (Fsp3) is 0.231. The van der Waals surface area contributed by atoms with Crippen molar-refractivity contribution in [3.63, 3.8) is 0 Å². The number of nitriles is 1. The fourth-order valence-electron chi connectivity index (χ4n) is 1.22. The van der Waals surface area contributed by atoms with Crippen LogP contribution in [0.3, 0.4) is 0 Å². The van der Waals surface area contributed by atoms with E-state index in [4.69, 9.17) is 5.26 Å². The van der Waals surface area contributed by atoms with Crippen molar-refractivity contribution in [2.24, 2.45) is 10.2 Å². The first-order valence-electron chi connectivity index (χ1n) is 5.58. The van der Waals surface area contributed by atoms with Crippen LogP contribution in [0.1, 0.15) is 12.5 Å². The highest BCUT2D eigenvalue weighted by Crippen LogP contribution is 2.19. The fourth-order valence-corrected chi connectivity index (χ4v) is 1.22. The Morgan fingerprint density at radius 3 is 2.74 bits per heavy atom. The van der Waals surface area contributed by atoms with E-state index >= 15 is 0 Å². The van der Waals surface area contributed by atoms with Gasteiger partial charge in [-0.15, -0.1) is 10.2 Å². The molecule has 0 aliphatic carbocycles. The molecule has 1 aromatic carbocycles. The van der Waals surface area contributed by atoms with Crippen LogP contribution in [0.15, 0.2) is 46.0 Å². The zero-order chi connectivity index (χ0) is 14.3. The molecule has 0 unspecified atom stereocenters. The first-order chi connectivity index (χ1) is 9.10. The van der Waals surface area contributed by atoms with E-state index in [-0.39, 0.29) is 6.61 Å². The van der Waals surface area contributed by atoms with Gasteiger partial charge < -0.3 is 9.84 Å². The Kier molecular flexibility index (Phi) is 5.23. The summed E-state index contributed by atoms with van der Waals surface area (Å²) in [6.07, 6.45) is 0. The molecule has 0 radical (unpaired) electrons. The number of aliphatic hydroxyl groups excluding tert-OH is 1. The number of allylic oxidation sites excluding steroid dienone is 1. The zero-order valence-electron chi connectivity index (χ0n) is 10.6. The van der Waals surface area contributed by atoms with Crippen LogP contribution in [0.5, 0.6) is 0 Å². The molecule has 0 heterocycles. The predicted molar refractivity (Wildman–Crippen MR) is 67.6 cm³/mol. The minimum Gasteiger partial charge on any atom is -0.498 e. The Morgan fingerprint density at radius 2 is 2.16 bits per heavy atom. The number of ether oxygens (including phenoxy) is 1. The van der Waals surface area contributed by atoms with Gasteiger partial charge in [0.2, 0.25) is 11.5 Å². The molecule has 19 heavy (non-hydrogen) atoms. The molecule has 0 saturated heterocycles. The van der Waals surface area contributed by atoms with Gasteiger partial charge in [-0.2, -0.15) is 5.26 Å². The number of benzene rings is 1. The Hall–Kier alpha value is -2.68. The third-order valence-corrected chi connectivity index (χ3v) is 2.17. The SMILES string of the molecule is CCOC(=O)/C(N=Nc1ccccc1C)=C(/O)C#N. The normalized spacial score (nSPS) is 11.8. The van der Waals surface area contributed by atoms with E-state index in [0.29, 0.717) is 5.69 Å². The second kappa shape index (κ2) is 6.91. The number of hydrogen-bond acceptors (Lipinski definition) is 6. The molecule has 0 aliphatic rings. The summed E-state index contributed by atoms with van der Waals surface area (Å²) in [6.45, 7) is 3.55. The van der Waals surface area contributed by atoms with Crippen molar-refractivity contribution in [1.29, 1.82) is 5.26 Å². The highest BCUT2D eigenvalue weighted by molar-refractivity contribution is 5.89. The van der Waals surface area contributed by atoms with Gasteiger partial charge in [-0.25, -0.2) is 4.79 Å². The van der Waals surface area contributed by atoms with Crippen LogP contribution >= 0.6 is 0 Å². The van der Waals surface area contributed by atoms with E-state index in [2.05, 4.69) is 15.0 Å². The maximum absolute atomic E-state index is 11.5. The third-order valence-electron chi connectivity index (χ3n) is 2.17. The summed E-state index contributed by atoms with van der Waals surface area (Å²) in [7, 11) is 0. The standard InChI is InChI=1S/C13H13N3O3/c1-3-19-13(18)12(11(17)8-14)16-15-10-7-5-4-6-9(10)2/h4-7,17H,3H2,1-2H3/b12-11-,16-15?. The van der Waals surface area contributed by atoms with E-state index in [1.54, 1.807) is 19.1 Å². The molecule has 6 nitrogen and oxygen atoms in total. The number of aliphatic hydroxyl groups is 1. The number of azo groups is 1. The Bertz CT molecular complexity index is 571. The van der Waals surface area contributed by atoms with Gasteiger partial charge in [0.25, 0.3) is 0 Å². The zero-order valence-corrected chi connectivity index (χ0v) is 10.6. The van der Waals surface area contributed by atoms with Crippen molar-refractivity contribution in [3.05, 3.63) is 41.3 Å². The summed E-state index contributed by atoms with van der Waals surface area (Å²) in [5.41, 5.74) is 0.883. The van der Waals surface area contributed by atoms with Crippen LogP contribution in [-0.4, -0.2) is 17.7 Å². The lowest BCUT2D eigenvalue weighted by atomic mass is 10.2. The number of rotatable bonds is 4. The van der Waals surface area contributed by atoms with E-state index in [0.717, 1.165) is 5.56 Å². The molecule has 0 bridgehead atoms. The molecule has 6 heteroatoms. The van der Waals surface area contributed by atoms with Gasteiger partial charge in [0.05, 0.1) is 12.3 Å². The van der Waals surface area contributed by atoms with Crippen LogP contribution in [0.25, 0.3) is 0 Å². The highest BCUT2D eigenvalue weighted by atomic mass is 16.5. The van der Waals surface area contributed by atoms with E-state index in [1.165, 1.54) is 6.07 Å². The number of hydrogen-bond donors (Lipinski definition) is 1. The molecule has 1 aromatic rings. The van der Waals surface area contributed by atoms with Gasteiger partial charge in [0.15, 0.2) is 0 Å². The number of aryl methyl sites for hydroxylation is 1. The smallest absolute Gasteiger partial charge is 0.363 e. The molecule has 0 aliphatic heterocycles. The van der Waals surface area contributed by atoms with Crippen LogP contribution in [0.2, 0.25) is 0 Å². The maximum Gasteiger partial charge on any atom is 0.363 e. The molecule has 1 N–H and O–H groups in total. The van der Waals surface area contributed by atoms with Gasteiger partial charge >= 0.3 is 5.97 Å². The number of esters is 1. The first-order valence-corrected chi connectivity index (χ1v) is 5.58.